The Morgan fingerprint density at radius 1 is 1.20 bits per heavy atom. The minimum atomic E-state index is -0.305. The molecule has 1 atom stereocenters. The summed E-state index contributed by atoms with van der Waals surface area (Å²) in [5.74, 6) is -0.338. The molecule has 1 amide bonds. The van der Waals surface area contributed by atoms with Gasteiger partial charge >= 0.3 is 0 Å². The van der Waals surface area contributed by atoms with Crippen molar-refractivity contribution in [1.29, 1.82) is 0 Å². The zero-order chi connectivity index (χ0) is 17.8. The van der Waals surface area contributed by atoms with E-state index in [0.717, 1.165) is 11.1 Å². The van der Waals surface area contributed by atoms with Crippen molar-refractivity contribution in [2.75, 3.05) is 0 Å². The number of hydrogen-bond donors (Lipinski definition) is 0. The maximum absolute atomic E-state index is 13.0. The molecular weight excluding hydrogens is 361 g/mol. The van der Waals surface area contributed by atoms with E-state index in [-0.39, 0.29) is 17.0 Å². The monoisotopic (exact) mass is 375 g/mol. The molecule has 1 heterocycles. The van der Waals surface area contributed by atoms with Crippen molar-refractivity contribution in [1.82, 2.24) is 4.90 Å². The largest absolute Gasteiger partial charge is 0.284 e. The van der Waals surface area contributed by atoms with Gasteiger partial charge in [0.2, 0.25) is 5.91 Å². The lowest BCUT2D eigenvalue weighted by molar-refractivity contribution is -0.126. The average Bonchev–Trinajstić information content (AvgIpc) is 2.86. The molecule has 0 radical (unpaired) electrons. The second kappa shape index (κ2) is 7.80. The molecule has 2 aromatic rings. The fraction of sp³-hybridized carbons (Fsp3) is 0.167. The van der Waals surface area contributed by atoms with Gasteiger partial charge in [0.25, 0.3) is 0 Å². The van der Waals surface area contributed by atoms with Crippen molar-refractivity contribution in [3.05, 3.63) is 70.5 Å². The molecule has 1 unspecified atom stereocenters. The molecule has 4 nitrogen and oxygen atoms in total. The molecule has 1 aliphatic heterocycles. The number of amidine groups is 1. The van der Waals surface area contributed by atoms with Crippen LogP contribution in [0.3, 0.4) is 0 Å². The number of halogens is 2. The van der Waals surface area contributed by atoms with Gasteiger partial charge in [0.15, 0.2) is 5.17 Å². The highest BCUT2D eigenvalue weighted by atomic mass is 35.5. The molecule has 3 rings (SSSR count). The number of nitrogens with zero attached hydrogens (tertiary/aromatic N) is 3. The summed E-state index contributed by atoms with van der Waals surface area (Å²) in [5.41, 5.74) is 1.69. The summed E-state index contributed by atoms with van der Waals surface area (Å²) < 4.78 is 13.0. The second-order valence-electron chi connectivity index (χ2n) is 5.49. The third kappa shape index (κ3) is 4.46. The highest BCUT2D eigenvalue weighted by Gasteiger charge is 2.35. The fourth-order valence-corrected chi connectivity index (χ4v) is 3.32. The number of amides is 1. The third-order valence-electron chi connectivity index (χ3n) is 3.60. The molecule has 1 saturated heterocycles. The van der Waals surface area contributed by atoms with Crippen LogP contribution in [0.2, 0.25) is 5.02 Å². The number of rotatable bonds is 4. The lowest BCUT2D eigenvalue weighted by Gasteiger charge is -2.15. The molecular formula is C18H15ClFN3OS. The van der Waals surface area contributed by atoms with E-state index in [1.807, 2.05) is 19.1 Å². The molecule has 2 aromatic carbocycles. The van der Waals surface area contributed by atoms with Crippen molar-refractivity contribution in [3.8, 4) is 0 Å². The first-order valence-electron chi connectivity index (χ1n) is 7.62. The summed E-state index contributed by atoms with van der Waals surface area (Å²) >= 11 is 7.20. The van der Waals surface area contributed by atoms with Gasteiger partial charge in [-0.05, 0) is 42.3 Å². The number of carbonyl (C=O) groups excluding carboxylic acids is 1. The van der Waals surface area contributed by atoms with Gasteiger partial charge in [0, 0.05) is 5.02 Å². The van der Waals surface area contributed by atoms with Crippen molar-refractivity contribution in [3.63, 3.8) is 0 Å². The predicted octanol–water partition coefficient (Wildman–Crippen LogP) is 4.33. The van der Waals surface area contributed by atoms with Crippen molar-refractivity contribution in [2.45, 2.75) is 18.7 Å². The third-order valence-corrected chi connectivity index (χ3v) is 4.92. The van der Waals surface area contributed by atoms with Gasteiger partial charge in [0.1, 0.15) is 5.82 Å². The molecule has 0 spiro atoms. The summed E-state index contributed by atoms with van der Waals surface area (Å²) in [6.07, 6.45) is 1.60. The molecule has 1 aliphatic rings. The summed E-state index contributed by atoms with van der Waals surface area (Å²) in [7, 11) is 0. The van der Waals surface area contributed by atoms with E-state index in [1.165, 1.54) is 23.9 Å². The molecule has 25 heavy (non-hydrogen) atoms. The average molecular weight is 376 g/mol. The molecule has 0 saturated carbocycles. The number of carbonyl (C=O) groups is 1. The van der Waals surface area contributed by atoms with Gasteiger partial charge in [-0.3, -0.25) is 9.69 Å². The molecule has 7 heteroatoms. The summed E-state index contributed by atoms with van der Waals surface area (Å²) in [4.78, 5) is 13.9. The maximum atomic E-state index is 13.0. The topological polar surface area (TPSA) is 45.0 Å². The van der Waals surface area contributed by atoms with Crippen LogP contribution in [0.25, 0.3) is 0 Å². The van der Waals surface area contributed by atoms with Crippen LogP contribution in [0.5, 0.6) is 0 Å². The second-order valence-corrected chi connectivity index (χ2v) is 7.23. The van der Waals surface area contributed by atoms with Crippen LogP contribution in [0.15, 0.2) is 58.7 Å². The zero-order valence-corrected chi connectivity index (χ0v) is 15.0. The van der Waals surface area contributed by atoms with E-state index in [9.17, 15) is 9.18 Å². The minimum absolute atomic E-state index is 0.0326. The van der Waals surface area contributed by atoms with Gasteiger partial charge < -0.3 is 0 Å². The standard InChI is InChI=1S/C18H15ClFN3OS/c1-12-17(24)23(11-14-4-8-16(20)9-5-14)18(25-12)22-21-10-13-2-6-15(19)7-3-13/h2-10,12H,11H2,1H3/b21-10+,22-18+. The van der Waals surface area contributed by atoms with E-state index < -0.39 is 0 Å². The van der Waals surface area contributed by atoms with Crippen molar-refractivity contribution >= 4 is 40.7 Å². The molecule has 0 N–H and O–H groups in total. The SMILES string of the molecule is CC1S/C(=N/N=C/c2ccc(Cl)cc2)N(Cc2ccc(F)cc2)C1=O. The van der Waals surface area contributed by atoms with Gasteiger partial charge in [-0.25, -0.2) is 4.39 Å². The Bertz CT molecular complexity index is 821. The van der Waals surface area contributed by atoms with E-state index in [4.69, 9.17) is 11.6 Å². The Balaban J connectivity index is 1.76. The van der Waals surface area contributed by atoms with Crippen LogP contribution < -0.4 is 0 Å². The van der Waals surface area contributed by atoms with E-state index in [2.05, 4.69) is 10.2 Å². The maximum Gasteiger partial charge on any atom is 0.242 e. The van der Waals surface area contributed by atoms with E-state index in [0.29, 0.717) is 16.7 Å². The Morgan fingerprint density at radius 3 is 2.56 bits per heavy atom. The van der Waals surface area contributed by atoms with Crippen LogP contribution >= 0.6 is 23.4 Å². The summed E-state index contributed by atoms with van der Waals surface area (Å²) in [6.45, 7) is 2.17. The quantitative estimate of drug-likeness (QED) is 0.589. The lowest BCUT2D eigenvalue weighted by Crippen LogP contribution is -2.30. The molecule has 1 fully saturated rings. The first kappa shape index (κ1) is 17.6. The lowest BCUT2D eigenvalue weighted by atomic mass is 10.2. The highest BCUT2D eigenvalue weighted by Crippen LogP contribution is 2.28. The number of benzene rings is 2. The first-order valence-corrected chi connectivity index (χ1v) is 8.88. The Hall–Kier alpha value is -2.18. The fourth-order valence-electron chi connectivity index (χ4n) is 2.28. The summed E-state index contributed by atoms with van der Waals surface area (Å²) in [6, 6.07) is 13.3. The smallest absolute Gasteiger partial charge is 0.242 e. The predicted molar refractivity (Wildman–Crippen MR) is 100 cm³/mol. The first-order chi connectivity index (χ1) is 12.0. The normalized spacial score (nSPS) is 19.3. The van der Waals surface area contributed by atoms with Crippen LogP contribution in [0, 0.1) is 5.82 Å². The Labute approximate surface area is 154 Å². The number of hydrogen-bond acceptors (Lipinski definition) is 4. The van der Waals surface area contributed by atoms with Crippen LogP contribution in [0.4, 0.5) is 4.39 Å². The van der Waals surface area contributed by atoms with Gasteiger partial charge in [0.05, 0.1) is 18.0 Å². The van der Waals surface area contributed by atoms with Crippen LogP contribution in [-0.2, 0) is 11.3 Å². The summed E-state index contributed by atoms with van der Waals surface area (Å²) in [5, 5.41) is 9.23. The Morgan fingerprint density at radius 2 is 1.88 bits per heavy atom. The van der Waals surface area contributed by atoms with Gasteiger partial charge in [-0.2, -0.15) is 5.10 Å². The van der Waals surface area contributed by atoms with Crippen molar-refractivity contribution in [2.24, 2.45) is 10.2 Å². The molecule has 0 aromatic heterocycles. The van der Waals surface area contributed by atoms with E-state index >= 15 is 0 Å². The van der Waals surface area contributed by atoms with Crippen molar-refractivity contribution < 1.29 is 9.18 Å². The zero-order valence-electron chi connectivity index (χ0n) is 13.4. The highest BCUT2D eigenvalue weighted by molar-refractivity contribution is 8.15. The van der Waals surface area contributed by atoms with E-state index in [1.54, 1.807) is 35.4 Å². The van der Waals surface area contributed by atoms with Gasteiger partial charge in [-0.15, -0.1) is 5.10 Å². The van der Waals surface area contributed by atoms with Crippen LogP contribution in [-0.4, -0.2) is 27.4 Å². The minimum Gasteiger partial charge on any atom is -0.284 e. The number of thioether (sulfide) groups is 1. The molecule has 0 aliphatic carbocycles. The molecule has 0 bridgehead atoms. The van der Waals surface area contributed by atoms with Gasteiger partial charge in [-0.1, -0.05) is 47.6 Å². The molecule has 128 valence electrons. The Kier molecular flexibility index (Phi) is 5.50. The van der Waals surface area contributed by atoms with Crippen LogP contribution in [0.1, 0.15) is 18.1 Å².